The number of hydrogen-bond acceptors (Lipinski definition) is 3. The minimum Gasteiger partial charge on any atom is -0.468 e. The number of nitrogens with one attached hydrogen (secondary N) is 1. The van der Waals surface area contributed by atoms with Crippen molar-refractivity contribution in [3.63, 3.8) is 0 Å². The smallest absolute Gasteiger partial charge is 0.323 e. The molecule has 1 N–H and O–H groups in total. The van der Waals surface area contributed by atoms with Gasteiger partial charge in [0.2, 0.25) is 0 Å². The molecule has 16 heavy (non-hydrogen) atoms. The van der Waals surface area contributed by atoms with Crippen molar-refractivity contribution in [3.05, 3.63) is 33.8 Å². The van der Waals surface area contributed by atoms with Crippen molar-refractivity contribution >= 4 is 34.3 Å². The molecule has 1 aromatic carbocycles. The summed E-state index contributed by atoms with van der Waals surface area (Å²) in [5.74, 6) is -0.191. The lowest BCUT2D eigenvalue weighted by molar-refractivity contribution is -0.143. The monoisotopic (exact) mass is 305 g/mol. The molecule has 0 saturated heterocycles. The highest BCUT2D eigenvalue weighted by Gasteiger charge is 2.24. The lowest BCUT2D eigenvalue weighted by Gasteiger charge is -2.24. The quantitative estimate of drug-likeness (QED) is 0.807. The minimum absolute atomic E-state index is 0. The summed E-state index contributed by atoms with van der Waals surface area (Å²) in [6.07, 6.45) is 0.704. The van der Waals surface area contributed by atoms with Crippen molar-refractivity contribution < 1.29 is 9.53 Å². The molecule has 0 bridgehead atoms. The van der Waals surface area contributed by atoms with Crippen molar-refractivity contribution in [2.24, 2.45) is 0 Å². The second-order valence-corrected chi connectivity index (χ2v) is 4.49. The van der Waals surface area contributed by atoms with Gasteiger partial charge in [0.1, 0.15) is 6.04 Å². The molecule has 0 aromatic heterocycles. The van der Waals surface area contributed by atoms with Crippen LogP contribution in [0.4, 0.5) is 0 Å². The Balaban J connectivity index is 0.00000128. The highest BCUT2D eigenvalue weighted by Crippen LogP contribution is 2.21. The molecule has 0 unspecified atom stereocenters. The van der Waals surface area contributed by atoms with E-state index in [0.717, 1.165) is 4.47 Å². The number of methoxy groups -OCH3 is 1. The zero-order chi connectivity index (χ0) is 10.8. The van der Waals surface area contributed by atoms with Crippen LogP contribution in [0.25, 0.3) is 0 Å². The van der Waals surface area contributed by atoms with Crippen LogP contribution in [-0.4, -0.2) is 19.1 Å². The maximum Gasteiger partial charge on any atom is 0.323 e. The molecule has 1 atom stereocenters. The second kappa shape index (κ2) is 5.66. The number of carbonyl (C=O) groups is 1. The van der Waals surface area contributed by atoms with E-state index in [1.54, 1.807) is 0 Å². The van der Waals surface area contributed by atoms with E-state index in [0.29, 0.717) is 13.0 Å². The Labute approximate surface area is 109 Å². The normalized spacial score (nSPS) is 18.2. The molecule has 0 radical (unpaired) electrons. The van der Waals surface area contributed by atoms with Crippen LogP contribution in [0, 0.1) is 0 Å². The number of ether oxygens (including phenoxy) is 1. The molecule has 1 aliphatic rings. The topological polar surface area (TPSA) is 38.3 Å². The number of fused-ring (bicyclic) bond motifs is 1. The Hall–Kier alpha value is -0.580. The fourth-order valence-electron chi connectivity index (χ4n) is 1.79. The zero-order valence-corrected chi connectivity index (χ0v) is 11.2. The Kier molecular flexibility index (Phi) is 4.77. The van der Waals surface area contributed by atoms with E-state index < -0.39 is 0 Å². The average molecular weight is 307 g/mol. The van der Waals surface area contributed by atoms with Gasteiger partial charge < -0.3 is 10.1 Å². The summed E-state index contributed by atoms with van der Waals surface area (Å²) in [7, 11) is 1.42. The van der Waals surface area contributed by atoms with E-state index in [2.05, 4.69) is 33.4 Å². The van der Waals surface area contributed by atoms with Gasteiger partial charge in [0.05, 0.1) is 7.11 Å². The van der Waals surface area contributed by atoms with E-state index in [-0.39, 0.29) is 24.4 Å². The predicted molar refractivity (Wildman–Crippen MR) is 67.7 cm³/mol. The molecule has 0 amide bonds. The molecule has 0 spiro atoms. The molecule has 1 heterocycles. The zero-order valence-electron chi connectivity index (χ0n) is 8.83. The Morgan fingerprint density at radius 1 is 1.50 bits per heavy atom. The van der Waals surface area contributed by atoms with Gasteiger partial charge in [-0.3, -0.25) is 4.79 Å². The molecular weight excluding hydrogens is 293 g/mol. The van der Waals surface area contributed by atoms with E-state index in [1.807, 2.05) is 6.07 Å². The van der Waals surface area contributed by atoms with Crippen LogP contribution in [-0.2, 0) is 22.5 Å². The van der Waals surface area contributed by atoms with Crippen molar-refractivity contribution in [2.75, 3.05) is 7.11 Å². The lowest BCUT2D eigenvalue weighted by atomic mass is 9.96. The maximum atomic E-state index is 11.3. The second-order valence-electron chi connectivity index (χ2n) is 3.57. The summed E-state index contributed by atoms with van der Waals surface area (Å²) in [6.45, 7) is 0.717. The van der Waals surface area contributed by atoms with Crippen molar-refractivity contribution in [1.29, 1.82) is 0 Å². The minimum atomic E-state index is -0.205. The molecule has 0 aliphatic carbocycles. The average Bonchev–Trinajstić information content (AvgIpc) is 2.27. The largest absolute Gasteiger partial charge is 0.468 e. The summed E-state index contributed by atoms with van der Waals surface area (Å²) in [6, 6.07) is 5.92. The summed E-state index contributed by atoms with van der Waals surface area (Å²) < 4.78 is 5.79. The van der Waals surface area contributed by atoms with Crippen LogP contribution in [0.2, 0.25) is 0 Å². The van der Waals surface area contributed by atoms with Crippen LogP contribution in [0.15, 0.2) is 22.7 Å². The molecule has 1 aromatic rings. The highest BCUT2D eigenvalue weighted by molar-refractivity contribution is 9.10. The molecule has 3 nitrogen and oxygen atoms in total. The summed E-state index contributed by atoms with van der Waals surface area (Å²) in [5.41, 5.74) is 2.46. The maximum absolute atomic E-state index is 11.3. The predicted octanol–water partition coefficient (Wildman–Crippen LogP) is 2.06. The lowest BCUT2D eigenvalue weighted by Crippen LogP contribution is -2.42. The molecule has 0 fully saturated rings. The van der Waals surface area contributed by atoms with E-state index in [1.165, 1.54) is 18.2 Å². The number of esters is 1. The van der Waals surface area contributed by atoms with Crippen molar-refractivity contribution in [1.82, 2.24) is 5.32 Å². The standard InChI is InChI=1S/C11H12BrNO2.ClH/c1-15-11(14)10-5-7-2-3-9(12)4-8(7)6-13-10;/h2-4,10,13H,5-6H2,1H3;1H/t10-;/m1./s1. The Morgan fingerprint density at radius 2 is 2.25 bits per heavy atom. The molecule has 5 heteroatoms. The Morgan fingerprint density at radius 3 is 2.94 bits per heavy atom. The third kappa shape index (κ3) is 2.75. The van der Waals surface area contributed by atoms with Crippen LogP contribution >= 0.6 is 28.3 Å². The van der Waals surface area contributed by atoms with Crippen LogP contribution in [0.3, 0.4) is 0 Å². The fourth-order valence-corrected chi connectivity index (χ4v) is 2.20. The number of rotatable bonds is 1. The van der Waals surface area contributed by atoms with Gasteiger partial charge in [-0.2, -0.15) is 0 Å². The summed E-state index contributed by atoms with van der Waals surface area (Å²) >= 11 is 3.43. The first-order valence-corrected chi connectivity index (χ1v) is 5.58. The van der Waals surface area contributed by atoms with Gasteiger partial charge in [-0.25, -0.2) is 0 Å². The van der Waals surface area contributed by atoms with Gasteiger partial charge in [0.15, 0.2) is 0 Å². The van der Waals surface area contributed by atoms with Crippen LogP contribution < -0.4 is 5.32 Å². The van der Waals surface area contributed by atoms with Gasteiger partial charge in [-0.15, -0.1) is 12.4 Å². The van der Waals surface area contributed by atoms with Gasteiger partial charge in [0.25, 0.3) is 0 Å². The first-order valence-electron chi connectivity index (χ1n) is 4.79. The van der Waals surface area contributed by atoms with E-state index in [9.17, 15) is 4.79 Å². The fraction of sp³-hybridized carbons (Fsp3) is 0.364. The number of benzene rings is 1. The number of hydrogen-bond donors (Lipinski definition) is 1. The van der Waals surface area contributed by atoms with Gasteiger partial charge in [-0.1, -0.05) is 22.0 Å². The van der Waals surface area contributed by atoms with Gasteiger partial charge in [-0.05, 0) is 29.7 Å². The first-order chi connectivity index (χ1) is 7.20. The third-order valence-corrected chi connectivity index (χ3v) is 3.11. The number of halogens is 2. The summed E-state index contributed by atoms with van der Waals surface area (Å²) in [4.78, 5) is 11.3. The highest BCUT2D eigenvalue weighted by atomic mass is 79.9. The molecular formula is C11H13BrClNO2. The van der Waals surface area contributed by atoms with Gasteiger partial charge in [0, 0.05) is 11.0 Å². The van der Waals surface area contributed by atoms with Crippen molar-refractivity contribution in [2.45, 2.75) is 19.0 Å². The molecule has 2 rings (SSSR count). The van der Waals surface area contributed by atoms with E-state index >= 15 is 0 Å². The molecule has 1 aliphatic heterocycles. The number of carbonyl (C=O) groups excluding carboxylic acids is 1. The summed E-state index contributed by atoms with van der Waals surface area (Å²) in [5, 5.41) is 3.16. The molecule has 88 valence electrons. The first kappa shape index (κ1) is 13.5. The third-order valence-electron chi connectivity index (χ3n) is 2.62. The van der Waals surface area contributed by atoms with Crippen LogP contribution in [0.5, 0.6) is 0 Å². The van der Waals surface area contributed by atoms with E-state index in [4.69, 9.17) is 4.74 Å². The van der Waals surface area contributed by atoms with Crippen LogP contribution in [0.1, 0.15) is 11.1 Å². The Bertz CT molecular complexity index is 398. The van der Waals surface area contributed by atoms with Crippen molar-refractivity contribution in [3.8, 4) is 0 Å². The van der Waals surface area contributed by atoms with Gasteiger partial charge >= 0.3 is 5.97 Å². The SMILES string of the molecule is COC(=O)[C@H]1Cc2ccc(Br)cc2CN1.Cl. The molecule has 0 saturated carbocycles.